The van der Waals surface area contributed by atoms with E-state index in [2.05, 4.69) is 53.7 Å². The molecule has 0 aliphatic heterocycles. The standard InChI is InChI=1S/C17H23ClN2S/c1-3-9-19-12-14-11-15(18)7-8-17(14)20(4-2)13-16-6-5-10-21-16/h5-8,10-11,19H,3-4,9,12-13H2,1-2H3. The average Bonchev–Trinajstić information content (AvgIpc) is 2.99. The number of anilines is 1. The van der Waals surface area contributed by atoms with Crippen LogP contribution in [0.3, 0.4) is 0 Å². The molecule has 1 aromatic heterocycles. The van der Waals surface area contributed by atoms with E-state index in [0.717, 1.165) is 37.6 Å². The van der Waals surface area contributed by atoms with E-state index >= 15 is 0 Å². The Balaban J connectivity index is 2.18. The van der Waals surface area contributed by atoms with Crippen molar-refractivity contribution in [3.8, 4) is 0 Å². The Hall–Kier alpha value is -1.03. The monoisotopic (exact) mass is 322 g/mol. The van der Waals surface area contributed by atoms with Crippen LogP contribution in [0.15, 0.2) is 35.7 Å². The highest BCUT2D eigenvalue weighted by atomic mass is 35.5. The van der Waals surface area contributed by atoms with E-state index < -0.39 is 0 Å². The molecule has 0 saturated heterocycles. The number of hydrogen-bond acceptors (Lipinski definition) is 3. The van der Waals surface area contributed by atoms with Crippen molar-refractivity contribution < 1.29 is 0 Å². The number of nitrogens with one attached hydrogen (secondary N) is 1. The molecule has 0 aliphatic rings. The minimum Gasteiger partial charge on any atom is -0.366 e. The van der Waals surface area contributed by atoms with Crippen LogP contribution in [0.5, 0.6) is 0 Å². The summed E-state index contributed by atoms with van der Waals surface area (Å²) in [5.74, 6) is 0. The van der Waals surface area contributed by atoms with Gasteiger partial charge < -0.3 is 10.2 Å². The van der Waals surface area contributed by atoms with Crippen molar-refractivity contribution in [2.45, 2.75) is 33.4 Å². The molecule has 0 unspecified atom stereocenters. The van der Waals surface area contributed by atoms with Gasteiger partial charge in [-0.05, 0) is 55.1 Å². The lowest BCUT2D eigenvalue weighted by Gasteiger charge is -2.25. The molecule has 1 heterocycles. The molecule has 0 fully saturated rings. The second-order valence-corrected chi connectivity index (χ2v) is 6.51. The van der Waals surface area contributed by atoms with Crippen LogP contribution in [-0.4, -0.2) is 13.1 Å². The van der Waals surface area contributed by atoms with Gasteiger partial charge in [0.2, 0.25) is 0 Å². The molecule has 1 aromatic carbocycles. The number of benzene rings is 1. The first-order valence-corrected chi connectivity index (χ1v) is 8.76. The predicted octanol–water partition coefficient (Wildman–Crippen LogP) is 4.93. The second kappa shape index (κ2) is 8.42. The molecular weight excluding hydrogens is 300 g/mol. The zero-order chi connectivity index (χ0) is 15.1. The average molecular weight is 323 g/mol. The van der Waals surface area contributed by atoms with Gasteiger partial charge in [0.15, 0.2) is 0 Å². The van der Waals surface area contributed by atoms with Gasteiger partial charge in [-0.3, -0.25) is 0 Å². The van der Waals surface area contributed by atoms with E-state index in [4.69, 9.17) is 11.6 Å². The van der Waals surface area contributed by atoms with Gasteiger partial charge in [-0.1, -0.05) is 24.6 Å². The fraction of sp³-hybridized carbons (Fsp3) is 0.412. The van der Waals surface area contributed by atoms with E-state index in [1.807, 2.05) is 17.4 Å². The lowest BCUT2D eigenvalue weighted by atomic mass is 10.1. The fourth-order valence-electron chi connectivity index (χ4n) is 2.36. The Morgan fingerprint density at radius 3 is 2.76 bits per heavy atom. The van der Waals surface area contributed by atoms with Crippen molar-refractivity contribution in [1.82, 2.24) is 5.32 Å². The summed E-state index contributed by atoms with van der Waals surface area (Å²) in [4.78, 5) is 3.80. The van der Waals surface area contributed by atoms with Crippen molar-refractivity contribution in [3.05, 3.63) is 51.2 Å². The van der Waals surface area contributed by atoms with Crippen LogP contribution in [0.4, 0.5) is 5.69 Å². The molecule has 1 N–H and O–H groups in total. The summed E-state index contributed by atoms with van der Waals surface area (Å²) in [6.45, 7) is 8.22. The lowest BCUT2D eigenvalue weighted by molar-refractivity contribution is 0.672. The van der Waals surface area contributed by atoms with Gasteiger partial charge in [0.25, 0.3) is 0 Å². The van der Waals surface area contributed by atoms with Crippen LogP contribution in [0, 0.1) is 0 Å². The van der Waals surface area contributed by atoms with Crippen molar-refractivity contribution in [3.63, 3.8) is 0 Å². The predicted molar refractivity (Wildman–Crippen MR) is 94.5 cm³/mol. The van der Waals surface area contributed by atoms with Crippen molar-refractivity contribution in [2.75, 3.05) is 18.0 Å². The smallest absolute Gasteiger partial charge is 0.0522 e. The molecule has 0 saturated carbocycles. The maximum atomic E-state index is 6.18. The van der Waals surface area contributed by atoms with Gasteiger partial charge >= 0.3 is 0 Å². The highest BCUT2D eigenvalue weighted by Crippen LogP contribution is 2.26. The highest BCUT2D eigenvalue weighted by molar-refractivity contribution is 7.09. The number of halogens is 1. The highest BCUT2D eigenvalue weighted by Gasteiger charge is 2.11. The second-order valence-electron chi connectivity index (χ2n) is 5.04. The number of thiophene rings is 1. The molecule has 2 rings (SSSR count). The Morgan fingerprint density at radius 2 is 2.10 bits per heavy atom. The van der Waals surface area contributed by atoms with Crippen LogP contribution in [0.2, 0.25) is 5.02 Å². The Bertz CT molecular complexity index is 540. The van der Waals surface area contributed by atoms with Gasteiger partial charge in [0, 0.05) is 28.7 Å². The normalized spacial score (nSPS) is 10.8. The first-order valence-electron chi connectivity index (χ1n) is 7.51. The minimum atomic E-state index is 0.805. The first-order chi connectivity index (χ1) is 10.2. The number of hydrogen-bond donors (Lipinski definition) is 1. The molecule has 4 heteroatoms. The summed E-state index contributed by atoms with van der Waals surface area (Å²) in [5.41, 5.74) is 2.55. The topological polar surface area (TPSA) is 15.3 Å². The van der Waals surface area contributed by atoms with Crippen molar-refractivity contribution >= 4 is 28.6 Å². The molecule has 2 nitrogen and oxygen atoms in total. The first kappa shape index (κ1) is 16.3. The van der Waals surface area contributed by atoms with Gasteiger partial charge in [-0.15, -0.1) is 11.3 Å². The Morgan fingerprint density at radius 1 is 1.24 bits per heavy atom. The number of rotatable bonds is 8. The lowest BCUT2D eigenvalue weighted by Crippen LogP contribution is -2.24. The molecule has 0 spiro atoms. The summed E-state index contributed by atoms with van der Waals surface area (Å²) < 4.78 is 0. The van der Waals surface area contributed by atoms with E-state index in [1.165, 1.54) is 16.1 Å². The van der Waals surface area contributed by atoms with E-state index in [9.17, 15) is 0 Å². The van der Waals surface area contributed by atoms with E-state index in [1.54, 1.807) is 0 Å². The zero-order valence-corrected chi connectivity index (χ0v) is 14.3. The third-order valence-electron chi connectivity index (χ3n) is 3.43. The van der Waals surface area contributed by atoms with Crippen molar-refractivity contribution in [1.29, 1.82) is 0 Å². The summed E-state index contributed by atoms with van der Waals surface area (Å²) in [7, 11) is 0. The maximum Gasteiger partial charge on any atom is 0.0522 e. The summed E-state index contributed by atoms with van der Waals surface area (Å²) >= 11 is 7.98. The third-order valence-corrected chi connectivity index (χ3v) is 4.53. The van der Waals surface area contributed by atoms with Crippen LogP contribution in [0.1, 0.15) is 30.7 Å². The quantitative estimate of drug-likeness (QED) is 0.693. The van der Waals surface area contributed by atoms with Crippen LogP contribution >= 0.6 is 22.9 Å². The van der Waals surface area contributed by atoms with E-state index in [-0.39, 0.29) is 0 Å². The van der Waals surface area contributed by atoms with Crippen LogP contribution < -0.4 is 10.2 Å². The fourth-order valence-corrected chi connectivity index (χ4v) is 3.28. The molecule has 2 aromatic rings. The largest absolute Gasteiger partial charge is 0.366 e. The summed E-state index contributed by atoms with van der Waals surface area (Å²) in [6, 6.07) is 10.5. The maximum absolute atomic E-state index is 6.18. The molecule has 0 bridgehead atoms. The Labute approximate surface area is 136 Å². The van der Waals surface area contributed by atoms with Crippen LogP contribution in [0.25, 0.3) is 0 Å². The molecule has 0 atom stereocenters. The molecule has 0 aliphatic carbocycles. The molecular formula is C17H23ClN2S. The molecule has 0 amide bonds. The molecule has 0 radical (unpaired) electrons. The Kier molecular flexibility index (Phi) is 6.55. The van der Waals surface area contributed by atoms with Gasteiger partial charge in [-0.2, -0.15) is 0 Å². The zero-order valence-electron chi connectivity index (χ0n) is 12.7. The van der Waals surface area contributed by atoms with Gasteiger partial charge in [-0.25, -0.2) is 0 Å². The van der Waals surface area contributed by atoms with Gasteiger partial charge in [0.05, 0.1) is 6.54 Å². The molecule has 21 heavy (non-hydrogen) atoms. The summed E-state index contributed by atoms with van der Waals surface area (Å²) in [6.07, 6.45) is 1.14. The number of nitrogens with zero attached hydrogens (tertiary/aromatic N) is 1. The third kappa shape index (κ3) is 4.73. The van der Waals surface area contributed by atoms with Crippen LogP contribution in [-0.2, 0) is 13.1 Å². The molecule has 114 valence electrons. The summed E-state index contributed by atoms with van der Waals surface area (Å²) in [5, 5.41) is 6.41. The van der Waals surface area contributed by atoms with E-state index in [0.29, 0.717) is 0 Å². The SMILES string of the molecule is CCCNCc1cc(Cl)ccc1N(CC)Cc1cccs1. The van der Waals surface area contributed by atoms with Gasteiger partial charge in [0.1, 0.15) is 0 Å². The van der Waals surface area contributed by atoms with Crippen molar-refractivity contribution in [2.24, 2.45) is 0 Å². The minimum absolute atomic E-state index is 0.805.